The van der Waals surface area contributed by atoms with E-state index in [-0.39, 0.29) is 11.4 Å². The Morgan fingerprint density at radius 1 is 1.38 bits per heavy atom. The summed E-state index contributed by atoms with van der Waals surface area (Å²) in [4.78, 5) is 0.956. The number of hydrogen-bond donors (Lipinski definition) is 2. The zero-order valence-electron chi connectivity index (χ0n) is 11.3. The smallest absolute Gasteiger partial charge is 0.244 e. The number of nitrogen functional groups attached to an aromatic ring is 1. The highest BCUT2D eigenvalue weighted by Gasteiger charge is 2.20. The van der Waals surface area contributed by atoms with E-state index < -0.39 is 10.0 Å². The van der Waals surface area contributed by atoms with Crippen LogP contribution in [0.25, 0.3) is 0 Å². The topological polar surface area (TPSA) is 81.4 Å². The van der Waals surface area contributed by atoms with E-state index in [1.807, 2.05) is 11.4 Å². The zero-order chi connectivity index (χ0) is 15.5. The summed E-state index contributed by atoms with van der Waals surface area (Å²) in [7, 11) is -3.70. The molecule has 0 atom stereocenters. The molecule has 0 aliphatic carbocycles. The molecule has 0 fully saturated rings. The van der Waals surface area contributed by atoms with Crippen molar-refractivity contribution in [1.29, 1.82) is 0 Å². The van der Waals surface area contributed by atoms with Crippen LogP contribution in [-0.4, -0.2) is 15.0 Å². The standard InChI is InChI=1S/C13H15BrN2O3S2/c1-2-19-11-4-3-9(15)7-13(11)21(17,18)16-8-12-10(14)5-6-20-12/h3-7,16H,2,8,15H2,1H3. The molecule has 0 spiro atoms. The number of nitrogens with one attached hydrogen (secondary N) is 1. The lowest BCUT2D eigenvalue weighted by Crippen LogP contribution is -2.23. The molecule has 114 valence electrons. The summed E-state index contributed by atoms with van der Waals surface area (Å²) >= 11 is 4.85. The van der Waals surface area contributed by atoms with Crippen molar-refractivity contribution in [3.05, 3.63) is 39.0 Å². The van der Waals surface area contributed by atoms with Gasteiger partial charge in [-0.2, -0.15) is 0 Å². The normalized spacial score (nSPS) is 11.5. The number of rotatable bonds is 6. The molecule has 0 bridgehead atoms. The molecule has 0 amide bonds. The summed E-state index contributed by atoms with van der Waals surface area (Å²) in [6, 6.07) is 6.45. The van der Waals surface area contributed by atoms with Crippen molar-refractivity contribution in [3.63, 3.8) is 0 Å². The van der Waals surface area contributed by atoms with Crippen LogP contribution in [0, 0.1) is 0 Å². The molecule has 1 aromatic heterocycles. The maximum absolute atomic E-state index is 12.4. The first-order valence-corrected chi connectivity index (χ1v) is 9.33. The van der Waals surface area contributed by atoms with Crippen LogP contribution in [-0.2, 0) is 16.6 Å². The first kappa shape index (κ1) is 16.3. The number of thiophene rings is 1. The fraction of sp³-hybridized carbons (Fsp3) is 0.231. The van der Waals surface area contributed by atoms with Gasteiger partial charge in [-0.15, -0.1) is 11.3 Å². The number of halogens is 1. The molecule has 8 heteroatoms. The number of hydrogen-bond acceptors (Lipinski definition) is 5. The predicted octanol–water partition coefficient (Wildman–Crippen LogP) is 2.97. The highest BCUT2D eigenvalue weighted by molar-refractivity contribution is 9.10. The average Bonchev–Trinajstić information content (AvgIpc) is 2.84. The van der Waals surface area contributed by atoms with Gasteiger partial charge in [0.05, 0.1) is 6.61 Å². The monoisotopic (exact) mass is 390 g/mol. The summed E-state index contributed by atoms with van der Waals surface area (Å²) < 4.78 is 33.7. The molecule has 0 saturated heterocycles. The Balaban J connectivity index is 2.26. The molecule has 0 unspecified atom stereocenters. The van der Waals surface area contributed by atoms with Crippen molar-refractivity contribution in [2.24, 2.45) is 0 Å². The highest BCUT2D eigenvalue weighted by Crippen LogP contribution is 2.27. The van der Waals surface area contributed by atoms with Gasteiger partial charge in [0.15, 0.2) is 0 Å². The van der Waals surface area contributed by atoms with Gasteiger partial charge in [0.2, 0.25) is 10.0 Å². The Morgan fingerprint density at radius 3 is 2.76 bits per heavy atom. The Labute approximate surface area is 136 Å². The third kappa shape index (κ3) is 3.97. The lowest BCUT2D eigenvalue weighted by molar-refractivity contribution is 0.331. The molecular weight excluding hydrogens is 376 g/mol. The molecular formula is C13H15BrN2O3S2. The molecule has 21 heavy (non-hydrogen) atoms. The van der Waals surface area contributed by atoms with E-state index in [0.717, 1.165) is 9.35 Å². The van der Waals surface area contributed by atoms with Crippen LogP contribution in [0.15, 0.2) is 39.0 Å². The summed E-state index contributed by atoms with van der Waals surface area (Å²) in [6.45, 7) is 2.38. The summed E-state index contributed by atoms with van der Waals surface area (Å²) in [5, 5.41) is 1.89. The Morgan fingerprint density at radius 2 is 2.14 bits per heavy atom. The molecule has 5 nitrogen and oxygen atoms in total. The van der Waals surface area contributed by atoms with Gasteiger partial charge in [0.1, 0.15) is 10.6 Å². The molecule has 1 heterocycles. The Bertz CT molecular complexity index is 729. The number of sulfonamides is 1. The van der Waals surface area contributed by atoms with Gasteiger partial charge < -0.3 is 10.5 Å². The number of anilines is 1. The largest absolute Gasteiger partial charge is 0.492 e. The van der Waals surface area contributed by atoms with Crippen LogP contribution in [0.5, 0.6) is 5.75 Å². The average molecular weight is 391 g/mol. The first-order valence-electron chi connectivity index (χ1n) is 6.18. The molecule has 2 rings (SSSR count). The van der Waals surface area contributed by atoms with Crippen LogP contribution in [0.2, 0.25) is 0 Å². The Hall–Kier alpha value is -1.09. The van der Waals surface area contributed by atoms with E-state index in [1.165, 1.54) is 17.4 Å². The number of nitrogens with two attached hydrogens (primary N) is 1. The van der Waals surface area contributed by atoms with E-state index in [4.69, 9.17) is 10.5 Å². The molecule has 2 aromatic rings. The maximum atomic E-state index is 12.4. The van der Waals surface area contributed by atoms with Gasteiger partial charge in [-0.1, -0.05) is 0 Å². The van der Waals surface area contributed by atoms with Gasteiger partial charge in [-0.25, -0.2) is 13.1 Å². The SMILES string of the molecule is CCOc1ccc(N)cc1S(=O)(=O)NCc1sccc1Br. The molecule has 0 aliphatic rings. The second-order valence-electron chi connectivity index (χ2n) is 4.16. The first-order chi connectivity index (χ1) is 9.94. The summed E-state index contributed by atoms with van der Waals surface area (Å²) in [5.41, 5.74) is 6.05. The van der Waals surface area contributed by atoms with E-state index in [2.05, 4.69) is 20.7 Å². The van der Waals surface area contributed by atoms with E-state index in [1.54, 1.807) is 19.1 Å². The highest BCUT2D eigenvalue weighted by atomic mass is 79.9. The van der Waals surface area contributed by atoms with Crippen LogP contribution in [0.4, 0.5) is 5.69 Å². The Kier molecular flexibility index (Phi) is 5.26. The molecule has 0 radical (unpaired) electrons. The fourth-order valence-corrected chi connectivity index (χ4v) is 4.40. The number of benzene rings is 1. The van der Waals surface area contributed by atoms with Crippen LogP contribution < -0.4 is 15.2 Å². The lowest BCUT2D eigenvalue weighted by atomic mass is 10.3. The minimum absolute atomic E-state index is 0.0528. The van der Waals surface area contributed by atoms with Crippen molar-refractivity contribution >= 4 is 43.0 Å². The van der Waals surface area contributed by atoms with Gasteiger partial charge >= 0.3 is 0 Å². The van der Waals surface area contributed by atoms with Crippen molar-refractivity contribution in [3.8, 4) is 5.75 Å². The third-order valence-electron chi connectivity index (χ3n) is 2.67. The zero-order valence-corrected chi connectivity index (χ0v) is 14.5. The van der Waals surface area contributed by atoms with Gasteiger partial charge in [-0.05, 0) is 52.5 Å². The fourth-order valence-electron chi connectivity index (χ4n) is 1.70. The molecule has 1 aromatic carbocycles. The second kappa shape index (κ2) is 6.78. The van der Waals surface area contributed by atoms with Crippen molar-refractivity contribution in [2.45, 2.75) is 18.4 Å². The summed E-state index contributed by atoms with van der Waals surface area (Å²) in [5.74, 6) is 0.296. The van der Waals surface area contributed by atoms with E-state index >= 15 is 0 Å². The van der Waals surface area contributed by atoms with E-state index in [9.17, 15) is 8.42 Å². The van der Waals surface area contributed by atoms with Gasteiger partial charge in [0.25, 0.3) is 0 Å². The van der Waals surface area contributed by atoms with Crippen molar-refractivity contribution in [1.82, 2.24) is 4.72 Å². The summed E-state index contributed by atoms with van der Waals surface area (Å²) in [6.07, 6.45) is 0. The van der Waals surface area contributed by atoms with Crippen molar-refractivity contribution in [2.75, 3.05) is 12.3 Å². The third-order valence-corrected chi connectivity index (χ3v) is 6.02. The van der Waals surface area contributed by atoms with Crippen LogP contribution in [0.3, 0.4) is 0 Å². The second-order valence-corrected chi connectivity index (χ2v) is 7.75. The minimum Gasteiger partial charge on any atom is -0.492 e. The van der Waals surface area contributed by atoms with Gasteiger partial charge in [0, 0.05) is 21.6 Å². The molecule has 3 N–H and O–H groups in total. The minimum atomic E-state index is -3.70. The number of ether oxygens (including phenoxy) is 1. The maximum Gasteiger partial charge on any atom is 0.244 e. The lowest BCUT2D eigenvalue weighted by Gasteiger charge is -2.12. The van der Waals surface area contributed by atoms with Crippen molar-refractivity contribution < 1.29 is 13.2 Å². The molecule has 0 saturated carbocycles. The van der Waals surface area contributed by atoms with E-state index in [0.29, 0.717) is 18.0 Å². The van der Waals surface area contributed by atoms with Gasteiger partial charge in [-0.3, -0.25) is 0 Å². The molecule has 0 aliphatic heterocycles. The van der Waals surface area contributed by atoms with Crippen LogP contribution in [0.1, 0.15) is 11.8 Å². The van der Waals surface area contributed by atoms with Crippen LogP contribution >= 0.6 is 27.3 Å². The quantitative estimate of drug-likeness (QED) is 0.742. The predicted molar refractivity (Wildman–Crippen MR) is 88.1 cm³/mol.